The monoisotopic (exact) mass is 341 g/mol. The third-order valence-corrected chi connectivity index (χ3v) is 7.62. The lowest BCUT2D eigenvalue weighted by Gasteiger charge is -2.56. The van der Waals surface area contributed by atoms with Gasteiger partial charge < -0.3 is 5.73 Å². The van der Waals surface area contributed by atoms with Gasteiger partial charge in [-0.25, -0.2) is 0 Å². The molecule has 140 valence electrons. The SMILES string of the molecule is CC(C)c1ccc2c(c1)CCC1[C@@](C)(CCCCCN)CCC[C@]21C. The zero-order valence-corrected chi connectivity index (χ0v) is 17.0. The molecule has 0 radical (unpaired) electrons. The summed E-state index contributed by atoms with van der Waals surface area (Å²) in [6, 6.07) is 7.43. The van der Waals surface area contributed by atoms with E-state index in [0.717, 1.165) is 12.5 Å². The van der Waals surface area contributed by atoms with Crippen LogP contribution in [0.1, 0.15) is 102 Å². The first-order valence-electron chi connectivity index (χ1n) is 10.7. The van der Waals surface area contributed by atoms with E-state index in [-0.39, 0.29) is 0 Å². The Hall–Kier alpha value is -0.820. The van der Waals surface area contributed by atoms with Crippen LogP contribution in [0.3, 0.4) is 0 Å². The smallest absolute Gasteiger partial charge is 0.00390 e. The lowest BCUT2D eigenvalue weighted by Crippen LogP contribution is -2.49. The second-order valence-corrected chi connectivity index (χ2v) is 9.69. The molecule has 1 aromatic carbocycles. The van der Waals surface area contributed by atoms with Gasteiger partial charge in [0.15, 0.2) is 0 Å². The minimum atomic E-state index is 0.393. The van der Waals surface area contributed by atoms with Gasteiger partial charge in [0.05, 0.1) is 0 Å². The molecule has 0 bridgehead atoms. The van der Waals surface area contributed by atoms with Crippen molar-refractivity contribution in [1.82, 2.24) is 0 Å². The fourth-order valence-corrected chi connectivity index (χ4v) is 6.15. The average Bonchev–Trinajstić information content (AvgIpc) is 2.58. The highest BCUT2D eigenvalue weighted by Crippen LogP contribution is 2.58. The van der Waals surface area contributed by atoms with Crippen LogP contribution in [-0.2, 0) is 11.8 Å². The molecule has 0 spiro atoms. The van der Waals surface area contributed by atoms with E-state index in [1.54, 1.807) is 11.1 Å². The van der Waals surface area contributed by atoms with Crippen LogP contribution in [0.2, 0.25) is 0 Å². The second-order valence-electron chi connectivity index (χ2n) is 9.69. The molecule has 0 aliphatic heterocycles. The summed E-state index contributed by atoms with van der Waals surface area (Å²) in [5, 5.41) is 0. The quantitative estimate of drug-likeness (QED) is 0.600. The largest absolute Gasteiger partial charge is 0.330 e. The van der Waals surface area contributed by atoms with Gasteiger partial charge in [0, 0.05) is 0 Å². The highest BCUT2D eigenvalue weighted by Gasteiger charge is 2.51. The Balaban J connectivity index is 1.85. The molecule has 3 atom stereocenters. The van der Waals surface area contributed by atoms with E-state index in [2.05, 4.69) is 45.9 Å². The van der Waals surface area contributed by atoms with Crippen LogP contribution in [0.4, 0.5) is 0 Å². The Kier molecular flexibility index (Phi) is 5.63. The molecular formula is C24H39N. The van der Waals surface area contributed by atoms with E-state index in [0.29, 0.717) is 16.7 Å². The molecule has 0 saturated heterocycles. The molecule has 1 unspecified atom stereocenters. The Morgan fingerprint density at radius 1 is 1.12 bits per heavy atom. The normalized spacial score (nSPS) is 31.7. The summed E-state index contributed by atoms with van der Waals surface area (Å²) in [5.41, 5.74) is 11.5. The minimum Gasteiger partial charge on any atom is -0.330 e. The van der Waals surface area contributed by atoms with E-state index in [1.807, 2.05) is 0 Å². The zero-order chi connectivity index (χ0) is 18.1. The van der Waals surface area contributed by atoms with Gasteiger partial charge in [-0.05, 0) is 84.4 Å². The van der Waals surface area contributed by atoms with Gasteiger partial charge in [0.1, 0.15) is 0 Å². The van der Waals surface area contributed by atoms with Gasteiger partial charge >= 0.3 is 0 Å². The molecule has 0 aromatic heterocycles. The summed E-state index contributed by atoms with van der Waals surface area (Å²) >= 11 is 0. The third kappa shape index (κ3) is 3.54. The van der Waals surface area contributed by atoms with Crippen molar-refractivity contribution in [3.63, 3.8) is 0 Å². The van der Waals surface area contributed by atoms with Crippen LogP contribution in [-0.4, -0.2) is 6.54 Å². The summed E-state index contributed by atoms with van der Waals surface area (Å²) in [4.78, 5) is 0. The summed E-state index contributed by atoms with van der Waals surface area (Å²) in [5.74, 6) is 1.49. The predicted octanol–water partition coefficient (Wildman–Crippen LogP) is 6.34. The van der Waals surface area contributed by atoms with Crippen molar-refractivity contribution >= 4 is 0 Å². The van der Waals surface area contributed by atoms with Crippen LogP contribution in [0.25, 0.3) is 0 Å². The van der Waals surface area contributed by atoms with E-state index in [1.165, 1.54) is 63.4 Å². The number of unbranched alkanes of at least 4 members (excludes halogenated alkanes) is 2. The molecule has 2 aliphatic carbocycles. The molecule has 1 heteroatoms. The Labute approximate surface area is 155 Å². The molecule has 1 nitrogen and oxygen atoms in total. The number of hydrogen-bond donors (Lipinski definition) is 1. The maximum absolute atomic E-state index is 5.69. The molecular weight excluding hydrogens is 302 g/mol. The summed E-state index contributed by atoms with van der Waals surface area (Å²) in [6.45, 7) is 10.7. The summed E-state index contributed by atoms with van der Waals surface area (Å²) in [7, 11) is 0. The Bertz CT molecular complexity index is 590. The van der Waals surface area contributed by atoms with Crippen molar-refractivity contribution < 1.29 is 0 Å². The Morgan fingerprint density at radius 3 is 2.64 bits per heavy atom. The van der Waals surface area contributed by atoms with Gasteiger partial charge in [0.2, 0.25) is 0 Å². The van der Waals surface area contributed by atoms with Crippen molar-refractivity contribution in [2.24, 2.45) is 17.1 Å². The van der Waals surface area contributed by atoms with Gasteiger partial charge in [-0.2, -0.15) is 0 Å². The lowest BCUT2D eigenvalue weighted by molar-refractivity contribution is 0.0168. The molecule has 0 amide bonds. The fourth-order valence-electron chi connectivity index (χ4n) is 6.15. The molecule has 1 fully saturated rings. The molecule has 3 rings (SSSR count). The number of aryl methyl sites for hydroxylation is 1. The van der Waals surface area contributed by atoms with E-state index in [9.17, 15) is 0 Å². The third-order valence-electron chi connectivity index (χ3n) is 7.62. The van der Waals surface area contributed by atoms with Gasteiger partial charge in [-0.3, -0.25) is 0 Å². The standard InChI is InChI=1S/C24H39N/c1-18(2)19-9-11-21-20(17-19)10-12-22-23(3,13-6-5-7-16-25)14-8-15-24(21,22)4/h9,11,17-18,22H,5-8,10,12-16,25H2,1-4H3/t22?,23-,24+/m0/s1. The number of rotatable bonds is 6. The van der Waals surface area contributed by atoms with E-state index >= 15 is 0 Å². The van der Waals surface area contributed by atoms with Crippen LogP contribution < -0.4 is 5.73 Å². The van der Waals surface area contributed by atoms with E-state index < -0.39 is 0 Å². The lowest BCUT2D eigenvalue weighted by atomic mass is 9.49. The summed E-state index contributed by atoms with van der Waals surface area (Å²) < 4.78 is 0. The number of nitrogens with two attached hydrogens (primary N) is 1. The van der Waals surface area contributed by atoms with Gasteiger partial charge in [-0.15, -0.1) is 0 Å². The number of hydrogen-bond acceptors (Lipinski definition) is 1. The van der Waals surface area contributed by atoms with Gasteiger partial charge in [0.25, 0.3) is 0 Å². The first-order chi connectivity index (χ1) is 11.9. The first-order valence-corrected chi connectivity index (χ1v) is 10.7. The topological polar surface area (TPSA) is 26.0 Å². The molecule has 2 aliphatic rings. The highest BCUT2D eigenvalue weighted by molar-refractivity contribution is 5.42. The van der Waals surface area contributed by atoms with Crippen molar-refractivity contribution in [2.75, 3.05) is 6.54 Å². The molecule has 1 aromatic rings. The maximum atomic E-state index is 5.69. The maximum Gasteiger partial charge on any atom is -0.00390 e. The second kappa shape index (κ2) is 7.43. The van der Waals surface area contributed by atoms with Crippen molar-refractivity contribution in [2.45, 2.75) is 96.8 Å². The summed E-state index contributed by atoms with van der Waals surface area (Å²) in [6.07, 6.45) is 12.1. The van der Waals surface area contributed by atoms with E-state index in [4.69, 9.17) is 5.73 Å². The highest BCUT2D eigenvalue weighted by atomic mass is 14.6. The van der Waals surface area contributed by atoms with Gasteiger partial charge in [-0.1, -0.05) is 65.2 Å². The van der Waals surface area contributed by atoms with Crippen molar-refractivity contribution in [3.8, 4) is 0 Å². The molecule has 1 saturated carbocycles. The predicted molar refractivity (Wildman–Crippen MR) is 109 cm³/mol. The average molecular weight is 342 g/mol. The number of benzene rings is 1. The zero-order valence-electron chi connectivity index (χ0n) is 17.0. The van der Waals surface area contributed by atoms with Crippen LogP contribution >= 0.6 is 0 Å². The molecule has 25 heavy (non-hydrogen) atoms. The first kappa shape index (κ1) is 19.0. The molecule has 2 N–H and O–H groups in total. The van der Waals surface area contributed by atoms with Crippen molar-refractivity contribution in [3.05, 3.63) is 34.9 Å². The fraction of sp³-hybridized carbons (Fsp3) is 0.750. The minimum absolute atomic E-state index is 0.393. The van der Waals surface area contributed by atoms with Crippen LogP contribution in [0.15, 0.2) is 18.2 Å². The Morgan fingerprint density at radius 2 is 1.92 bits per heavy atom. The number of fused-ring (bicyclic) bond motifs is 3. The van der Waals surface area contributed by atoms with Crippen molar-refractivity contribution in [1.29, 1.82) is 0 Å². The van der Waals surface area contributed by atoms with Crippen LogP contribution in [0, 0.1) is 11.3 Å². The molecule has 0 heterocycles. The van der Waals surface area contributed by atoms with Crippen LogP contribution in [0.5, 0.6) is 0 Å².